The number of anilines is 3. The second-order valence-corrected chi connectivity index (χ2v) is 8.37. The van der Waals surface area contributed by atoms with Crippen molar-refractivity contribution in [3.05, 3.63) is 54.6 Å². The molecule has 1 fully saturated rings. The van der Waals surface area contributed by atoms with Crippen LogP contribution in [0.2, 0.25) is 0 Å². The molecule has 1 aliphatic rings. The Bertz CT molecular complexity index is 1160. The van der Waals surface area contributed by atoms with Crippen molar-refractivity contribution in [3.8, 4) is 0 Å². The first-order valence-electron chi connectivity index (χ1n) is 11.0. The van der Waals surface area contributed by atoms with Crippen molar-refractivity contribution < 1.29 is 0 Å². The molecule has 0 saturated carbocycles. The van der Waals surface area contributed by atoms with Crippen molar-refractivity contribution in [2.24, 2.45) is 0 Å². The summed E-state index contributed by atoms with van der Waals surface area (Å²) in [6, 6.07) is 10.6. The maximum absolute atomic E-state index is 4.90. The highest BCUT2D eigenvalue weighted by molar-refractivity contribution is 5.86. The summed E-state index contributed by atoms with van der Waals surface area (Å²) >= 11 is 0. The monoisotopic (exact) mass is 416 g/mol. The normalized spacial score (nSPS) is 14.5. The Morgan fingerprint density at radius 1 is 1.03 bits per heavy atom. The third kappa shape index (κ3) is 4.10. The number of imidazole rings is 1. The average Bonchev–Trinajstić information content (AvgIpc) is 3.42. The summed E-state index contributed by atoms with van der Waals surface area (Å²) in [5.41, 5.74) is 3.75. The Morgan fingerprint density at radius 3 is 2.61 bits per heavy atom. The molecule has 4 aromatic rings. The third-order valence-corrected chi connectivity index (χ3v) is 5.69. The van der Waals surface area contributed by atoms with Crippen LogP contribution in [0.25, 0.3) is 11.2 Å². The smallest absolute Gasteiger partial charge is 0.229 e. The zero-order valence-electron chi connectivity index (χ0n) is 18.1. The largest absolute Gasteiger partial charge is 0.341 e. The molecule has 160 valence electrons. The van der Waals surface area contributed by atoms with E-state index in [1.165, 1.54) is 24.8 Å². The first kappa shape index (κ1) is 19.5. The second-order valence-electron chi connectivity index (χ2n) is 8.37. The van der Waals surface area contributed by atoms with Gasteiger partial charge in [0.2, 0.25) is 5.95 Å². The van der Waals surface area contributed by atoms with Gasteiger partial charge in [-0.05, 0) is 38.7 Å². The number of nitrogens with zero attached hydrogens (tertiary/aromatic N) is 7. The molecule has 0 amide bonds. The van der Waals surface area contributed by atoms with Gasteiger partial charge in [-0.3, -0.25) is 4.68 Å². The minimum Gasteiger partial charge on any atom is -0.341 e. The summed E-state index contributed by atoms with van der Waals surface area (Å²) in [6.07, 6.45) is 9.32. The summed E-state index contributed by atoms with van der Waals surface area (Å²) < 4.78 is 4.03. The van der Waals surface area contributed by atoms with E-state index >= 15 is 0 Å². The predicted molar refractivity (Wildman–Crippen MR) is 123 cm³/mol. The van der Waals surface area contributed by atoms with Gasteiger partial charge in [0.15, 0.2) is 17.0 Å². The van der Waals surface area contributed by atoms with Crippen LogP contribution < -0.4 is 10.2 Å². The zero-order valence-corrected chi connectivity index (χ0v) is 18.1. The van der Waals surface area contributed by atoms with Gasteiger partial charge in [-0.1, -0.05) is 30.3 Å². The number of hydrogen-bond donors (Lipinski definition) is 1. The summed E-state index contributed by atoms with van der Waals surface area (Å²) in [4.78, 5) is 16.7. The van der Waals surface area contributed by atoms with Crippen LogP contribution in [0.4, 0.5) is 17.5 Å². The molecule has 0 spiro atoms. The lowest BCUT2D eigenvalue weighted by Crippen LogP contribution is -2.31. The Hall–Kier alpha value is -3.42. The maximum Gasteiger partial charge on any atom is 0.229 e. The molecule has 1 aromatic carbocycles. The quantitative estimate of drug-likeness (QED) is 0.502. The van der Waals surface area contributed by atoms with E-state index < -0.39 is 0 Å². The van der Waals surface area contributed by atoms with Crippen molar-refractivity contribution in [1.29, 1.82) is 0 Å². The van der Waals surface area contributed by atoms with Crippen molar-refractivity contribution in [3.63, 3.8) is 0 Å². The van der Waals surface area contributed by atoms with Crippen LogP contribution in [-0.2, 0) is 6.54 Å². The average molecular weight is 417 g/mol. The van der Waals surface area contributed by atoms with Gasteiger partial charge >= 0.3 is 0 Å². The van der Waals surface area contributed by atoms with Gasteiger partial charge in [0, 0.05) is 25.3 Å². The SMILES string of the molecule is CC(C)n1cnc2c(Nc3cnn(Cc4ccccc4)c3)nc(N3CCCCC3)nc21. The van der Waals surface area contributed by atoms with Crippen LogP contribution in [0.3, 0.4) is 0 Å². The molecule has 31 heavy (non-hydrogen) atoms. The van der Waals surface area contributed by atoms with E-state index in [1.807, 2.05) is 41.6 Å². The van der Waals surface area contributed by atoms with Gasteiger partial charge in [-0.15, -0.1) is 0 Å². The van der Waals surface area contributed by atoms with Crippen molar-refractivity contribution in [1.82, 2.24) is 29.3 Å². The minimum absolute atomic E-state index is 0.274. The van der Waals surface area contributed by atoms with Crippen molar-refractivity contribution >= 4 is 28.6 Å². The predicted octanol–water partition coefficient (Wildman–Crippen LogP) is 4.39. The number of rotatable bonds is 6. The van der Waals surface area contributed by atoms with Gasteiger partial charge in [-0.25, -0.2) is 4.98 Å². The molecule has 3 aromatic heterocycles. The van der Waals surface area contributed by atoms with Crippen LogP contribution in [0, 0.1) is 0 Å². The Morgan fingerprint density at radius 2 is 1.84 bits per heavy atom. The number of aromatic nitrogens is 6. The molecule has 0 radical (unpaired) electrons. The minimum atomic E-state index is 0.274. The van der Waals surface area contributed by atoms with E-state index in [4.69, 9.17) is 9.97 Å². The van der Waals surface area contributed by atoms with E-state index in [-0.39, 0.29) is 6.04 Å². The number of piperidine rings is 1. The summed E-state index contributed by atoms with van der Waals surface area (Å²) in [6.45, 7) is 7.00. The maximum atomic E-state index is 4.90. The number of benzene rings is 1. The topological polar surface area (TPSA) is 76.7 Å². The molecule has 1 N–H and O–H groups in total. The fraction of sp³-hybridized carbons (Fsp3) is 0.391. The van der Waals surface area contributed by atoms with Crippen LogP contribution >= 0.6 is 0 Å². The molecule has 0 atom stereocenters. The second kappa shape index (κ2) is 8.37. The van der Waals surface area contributed by atoms with Gasteiger partial charge in [-0.2, -0.15) is 15.1 Å². The Labute approximate surface area is 182 Å². The fourth-order valence-corrected chi connectivity index (χ4v) is 4.03. The van der Waals surface area contributed by atoms with Gasteiger partial charge in [0.25, 0.3) is 0 Å². The lowest BCUT2D eigenvalue weighted by atomic mass is 10.1. The van der Waals surface area contributed by atoms with E-state index in [0.717, 1.165) is 48.3 Å². The first-order valence-corrected chi connectivity index (χ1v) is 11.0. The molecule has 0 bridgehead atoms. The number of hydrogen-bond acceptors (Lipinski definition) is 6. The highest BCUT2D eigenvalue weighted by Crippen LogP contribution is 2.28. The molecule has 0 aliphatic carbocycles. The standard InChI is InChI=1S/C23H28N8/c1-17(2)31-16-24-20-21(27-23(28-22(20)31)29-11-7-4-8-12-29)26-19-13-25-30(15-19)14-18-9-5-3-6-10-18/h3,5-6,9-10,13,15-17H,4,7-8,11-12,14H2,1-2H3,(H,26,27,28). The first-order chi connectivity index (χ1) is 15.2. The van der Waals surface area contributed by atoms with E-state index in [2.05, 4.69) is 50.8 Å². The molecule has 8 nitrogen and oxygen atoms in total. The number of fused-ring (bicyclic) bond motifs is 1. The number of nitrogens with one attached hydrogen (secondary N) is 1. The van der Waals surface area contributed by atoms with E-state index in [0.29, 0.717) is 0 Å². The van der Waals surface area contributed by atoms with Gasteiger partial charge < -0.3 is 14.8 Å². The summed E-state index contributed by atoms with van der Waals surface area (Å²) in [5, 5.41) is 7.96. The summed E-state index contributed by atoms with van der Waals surface area (Å²) in [5.74, 6) is 1.50. The molecular weight excluding hydrogens is 388 g/mol. The highest BCUT2D eigenvalue weighted by atomic mass is 15.3. The van der Waals surface area contributed by atoms with Crippen molar-refractivity contribution in [2.45, 2.75) is 45.7 Å². The van der Waals surface area contributed by atoms with Crippen LogP contribution in [-0.4, -0.2) is 42.4 Å². The van der Waals surface area contributed by atoms with Gasteiger partial charge in [0.1, 0.15) is 0 Å². The third-order valence-electron chi connectivity index (χ3n) is 5.69. The highest BCUT2D eigenvalue weighted by Gasteiger charge is 2.20. The fourth-order valence-electron chi connectivity index (χ4n) is 4.03. The molecule has 4 heterocycles. The van der Waals surface area contributed by atoms with Crippen LogP contribution in [0.5, 0.6) is 0 Å². The Kier molecular flexibility index (Phi) is 5.28. The van der Waals surface area contributed by atoms with Gasteiger partial charge in [0.05, 0.1) is 24.8 Å². The van der Waals surface area contributed by atoms with E-state index in [1.54, 1.807) is 0 Å². The van der Waals surface area contributed by atoms with E-state index in [9.17, 15) is 0 Å². The van der Waals surface area contributed by atoms with Crippen LogP contribution in [0.15, 0.2) is 49.1 Å². The van der Waals surface area contributed by atoms with Crippen LogP contribution in [0.1, 0.15) is 44.7 Å². The lowest BCUT2D eigenvalue weighted by Gasteiger charge is -2.27. The molecule has 0 unspecified atom stereocenters. The summed E-state index contributed by atoms with van der Waals surface area (Å²) in [7, 11) is 0. The zero-order chi connectivity index (χ0) is 21.2. The molecule has 1 aliphatic heterocycles. The molecular formula is C23H28N8. The Balaban J connectivity index is 1.47. The molecule has 8 heteroatoms. The molecule has 5 rings (SSSR count). The lowest BCUT2D eigenvalue weighted by molar-refractivity contribution is 0.567. The molecule has 1 saturated heterocycles. The van der Waals surface area contributed by atoms with Crippen molar-refractivity contribution in [2.75, 3.05) is 23.3 Å².